The van der Waals surface area contributed by atoms with Crippen molar-refractivity contribution in [1.29, 1.82) is 0 Å². The maximum Gasteiger partial charge on any atom is 0.258 e. The normalized spacial score (nSPS) is 15.6. The van der Waals surface area contributed by atoms with Crippen LogP contribution in [0, 0.1) is 13.8 Å². The van der Waals surface area contributed by atoms with E-state index in [4.69, 9.17) is 28.2 Å². The molecule has 0 unspecified atom stereocenters. The maximum absolute atomic E-state index is 13.5. The second-order valence-corrected chi connectivity index (χ2v) is 15.0. The van der Waals surface area contributed by atoms with Crippen molar-refractivity contribution < 1.29 is 4.57 Å². The number of aromatic amines is 1. The maximum atomic E-state index is 13.5. The molecule has 3 aromatic carbocycles. The molecule has 6 rings (SSSR count). The van der Waals surface area contributed by atoms with Gasteiger partial charge in [0.1, 0.15) is 7.14 Å². The second kappa shape index (κ2) is 11.4. The fourth-order valence-corrected chi connectivity index (χ4v) is 9.12. The molecule has 0 bridgehead atoms. The number of anilines is 2. The summed E-state index contributed by atoms with van der Waals surface area (Å²) in [4.78, 5) is 23.6. The molecule has 2 N–H and O–H groups in total. The molecule has 0 saturated carbocycles. The first-order valence-corrected chi connectivity index (χ1v) is 16.8. The standard InChI is InChI=1S/C32H32Cl2N5O2P/c1-20-18-22(33)19-25(34)29(20)37-32-36-27-12-11-24-21(2)26(35-31(40)28(24)30(27)38(32)3)10-7-13-39-14-16-42(41,17-15-39)23-8-5-4-6-9-23/h4-12,18-19H,13-17H2,1-3H3,(H,35,40)(H,36,37)/b10-7-. The lowest BCUT2D eigenvalue weighted by Crippen LogP contribution is -2.37. The lowest BCUT2D eigenvalue weighted by atomic mass is 10.0. The minimum Gasteiger partial charge on any atom is -0.324 e. The number of hydrogen-bond acceptors (Lipinski definition) is 5. The lowest BCUT2D eigenvalue weighted by molar-refractivity contribution is 0.328. The number of hydrogen-bond donors (Lipinski definition) is 2. The van der Waals surface area contributed by atoms with Gasteiger partial charge in [-0.1, -0.05) is 65.7 Å². The molecule has 0 aliphatic carbocycles. The number of nitrogens with one attached hydrogen (secondary N) is 2. The molecule has 3 heterocycles. The predicted octanol–water partition coefficient (Wildman–Crippen LogP) is 7.10. The third-order valence-corrected chi connectivity index (χ3v) is 11.8. The first-order chi connectivity index (χ1) is 20.1. The van der Waals surface area contributed by atoms with Gasteiger partial charge >= 0.3 is 0 Å². The van der Waals surface area contributed by atoms with Gasteiger partial charge in [-0.05, 0) is 54.6 Å². The highest BCUT2D eigenvalue weighted by atomic mass is 35.5. The van der Waals surface area contributed by atoms with Crippen molar-refractivity contribution in [3.63, 3.8) is 0 Å². The SMILES string of the molecule is Cc1cc(Cl)cc(Cl)c1Nc1nc2ccc3c(C)c(/C=C\CN4CCP(=O)(c5ccccc5)CC4)[nH]c(=O)c3c2n1C. The summed E-state index contributed by atoms with van der Waals surface area (Å²) in [6.45, 7) is 6.26. The summed E-state index contributed by atoms with van der Waals surface area (Å²) < 4.78 is 15.3. The zero-order chi connectivity index (χ0) is 29.6. The van der Waals surface area contributed by atoms with Gasteiger partial charge in [-0.3, -0.25) is 9.69 Å². The van der Waals surface area contributed by atoms with Gasteiger partial charge in [0.15, 0.2) is 0 Å². The Hall–Kier alpha value is -3.35. The van der Waals surface area contributed by atoms with Gasteiger partial charge in [-0.2, -0.15) is 0 Å². The van der Waals surface area contributed by atoms with Gasteiger partial charge in [0.25, 0.3) is 5.56 Å². The molecule has 42 heavy (non-hydrogen) atoms. The van der Waals surface area contributed by atoms with Crippen LogP contribution in [0.4, 0.5) is 11.6 Å². The summed E-state index contributed by atoms with van der Waals surface area (Å²) in [5.41, 5.74) is 4.67. The fourth-order valence-electron chi connectivity index (χ4n) is 5.81. The van der Waals surface area contributed by atoms with Crippen LogP contribution in [0.2, 0.25) is 10.0 Å². The predicted molar refractivity (Wildman–Crippen MR) is 177 cm³/mol. The molecule has 0 atom stereocenters. The van der Waals surface area contributed by atoms with Gasteiger partial charge in [0.05, 0.1) is 27.1 Å². The average Bonchev–Trinajstić information content (AvgIpc) is 3.29. The van der Waals surface area contributed by atoms with Gasteiger partial charge in [0, 0.05) is 55.0 Å². The van der Waals surface area contributed by atoms with Crippen molar-refractivity contribution in [2.24, 2.45) is 7.05 Å². The Bertz CT molecular complexity index is 1930. The van der Waals surface area contributed by atoms with E-state index in [-0.39, 0.29) is 5.56 Å². The largest absolute Gasteiger partial charge is 0.324 e. The Morgan fingerprint density at radius 1 is 1.07 bits per heavy atom. The van der Waals surface area contributed by atoms with E-state index in [1.54, 1.807) is 6.07 Å². The highest BCUT2D eigenvalue weighted by molar-refractivity contribution is 7.71. The number of nitrogens with zero attached hydrogens (tertiary/aromatic N) is 3. The Morgan fingerprint density at radius 2 is 1.81 bits per heavy atom. The third-order valence-electron chi connectivity index (χ3n) is 8.24. The van der Waals surface area contributed by atoms with E-state index in [1.165, 1.54) is 0 Å². The molecule has 1 aliphatic rings. The average molecular weight is 621 g/mol. The summed E-state index contributed by atoms with van der Waals surface area (Å²) >= 11 is 12.6. The number of benzene rings is 3. The van der Waals surface area contributed by atoms with Crippen molar-refractivity contribution in [1.82, 2.24) is 19.4 Å². The van der Waals surface area contributed by atoms with E-state index < -0.39 is 7.14 Å². The van der Waals surface area contributed by atoms with E-state index in [0.717, 1.165) is 58.3 Å². The zero-order valence-corrected chi connectivity index (χ0v) is 26.2. The Balaban J connectivity index is 1.24. The zero-order valence-electron chi connectivity index (χ0n) is 23.7. The quantitative estimate of drug-likeness (QED) is 0.198. The van der Waals surface area contributed by atoms with Gasteiger partial charge in [-0.15, -0.1) is 0 Å². The van der Waals surface area contributed by atoms with Crippen LogP contribution < -0.4 is 16.2 Å². The number of H-pyrrole nitrogens is 1. The molecule has 5 aromatic rings. The smallest absolute Gasteiger partial charge is 0.258 e. The van der Waals surface area contributed by atoms with Crippen LogP contribution in [0.1, 0.15) is 16.8 Å². The number of halogens is 2. The summed E-state index contributed by atoms with van der Waals surface area (Å²) in [7, 11) is -0.439. The van der Waals surface area contributed by atoms with E-state index in [1.807, 2.05) is 80.1 Å². The van der Waals surface area contributed by atoms with Gasteiger partial charge in [-0.25, -0.2) is 4.98 Å². The van der Waals surface area contributed by atoms with Crippen molar-refractivity contribution >= 4 is 75.2 Å². The molecular weight excluding hydrogens is 588 g/mol. The van der Waals surface area contributed by atoms with Crippen LogP contribution in [0.3, 0.4) is 0 Å². The highest BCUT2D eigenvalue weighted by Gasteiger charge is 2.29. The summed E-state index contributed by atoms with van der Waals surface area (Å²) in [5.74, 6) is 0.573. The van der Waals surface area contributed by atoms with Crippen molar-refractivity contribution in [2.75, 3.05) is 37.3 Å². The number of aryl methyl sites for hydroxylation is 3. The van der Waals surface area contributed by atoms with Crippen molar-refractivity contribution in [2.45, 2.75) is 13.8 Å². The van der Waals surface area contributed by atoms with Crippen LogP contribution in [0.5, 0.6) is 0 Å². The minimum atomic E-state index is -2.32. The number of fused-ring (bicyclic) bond motifs is 3. The molecule has 0 amide bonds. The summed E-state index contributed by atoms with van der Waals surface area (Å²) in [6, 6.07) is 17.3. The topological polar surface area (TPSA) is 83.0 Å². The highest BCUT2D eigenvalue weighted by Crippen LogP contribution is 2.46. The summed E-state index contributed by atoms with van der Waals surface area (Å²) in [6.07, 6.45) is 5.44. The molecule has 1 aliphatic heterocycles. The Morgan fingerprint density at radius 3 is 2.52 bits per heavy atom. The molecule has 216 valence electrons. The van der Waals surface area contributed by atoms with Crippen molar-refractivity contribution in [3.05, 3.63) is 97.9 Å². The Labute approximate surface area is 254 Å². The van der Waals surface area contributed by atoms with Gasteiger partial charge in [0.2, 0.25) is 5.95 Å². The first-order valence-electron chi connectivity index (χ1n) is 13.9. The van der Waals surface area contributed by atoms with Crippen LogP contribution >= 0.6 is 30.3 Å². The van der Waals surface area contributed by atoms with Gasteiger partial charge < -0.3 is 19.4 Å². The lowest BCUT2D eigenvalue weighted by Gasteiger charge is -2.31. The number of aromatic nitrogens is 3. The second-order valence-electron chi connectivity index (χ2n) is 10.9. The first kappa shape index (κ1) is 28.8. The van der Waals surface area contributed by atoms with E-state index in [0.29, 0.717) is 39.2 Å². The molecule has 7 nitrogen and oxygen atoms in total. The molecule has 0 spiro atoms. The van der Waals surface area contributed by atoms with E-state index in [9.17, 15) is 9.36 Å². The number of rotatable bonds is 6. The molecule has 2 aromatic heterocycles. The minimum absolute atomic E-state index is 0.169. The molecular formula is C32H32Cl2N5O2P. The molecule has 1 saturated heterocycles. The third kappa shape index (κ3) is 5.31. The fraction of sp³-hybridized carbons (Fsp3) is 0.250. The van der Waals surface area contributed by atoms with Crippen LogP contribution in [0.25, 0.3) is 27.9 Å². The molecule has 1 fully saturated rings. The summed E-state index contributed by atoms with van der Waals surface area (Å²) in [5, 5.41) is 6.84. The van der Waals surface area contributed by atoms with E-state index >= 15 is 0 Å². The Kier molecular flexibility index (Phi) is 7.79. The van der Waals surface area contributed by atoms with E-state index in [2.05, 4.69) is 21.3 Å². The van der Waals surface area contributed by atoms with Crippen LogP contribution in [0.15, 0.2) is 65.5 Å². The monoisotopic (exact) mass is 619 g/mol. The van der Waals surface area contributed by atoms with Crippen molar-refractivity contribution in [3.8, 4) is 0 Å². The molecule has 0 radical (unpaired) electrons. The number of imidazole rings is 1. The molecule has 10 heteroatoms. The number of pyridine rings is 1. The van der Waals surface area contributed by atoms with Crippen LogP contribution in [-0.2, 0) is 11.6 Å². The van der Waals surface area contributed by atoms with Crippen LogP contribution in [-0.4, -0.2) is 51.4 Å².